The molecule has 4 heteroatoms. The van der Waals surface area contributed by atoms with Gasteiger partial charge in [-0.15, -0.1) is 0 Å². The predicted octanol–water partition coefficient (Wildman–Crippen LogP) is 13.6. The summed E-state index contributed by atoms with van der Waals surface area (Å²) in [6.07, 6.45) is 0. The first-order valence-electron chi connectivity index (χ1n) is 18.5. The second-order valence-corrected chi connectivity index (χ2v) is 14.0. The first-order valence-corrected chi connectivity index (χ1v) is 18.5. The quantitative estimate of drug-likeness (QED) is 0.179. The maximum atomic E-state index is 6.65. The Morgan fingerprint density at radius 2 is 0.800 bits per heavy atom. The number of hydrogen-bond acceptors (Lipinski definition) is 4. The average Bonchev–Trinajstić information content (AvgIpc) is 3.64. The van der Waals surface area contributed by atoms with Crippen molar-refractivity contribution in [1.82, 2.24) is 15.0 Å². The zero-order chi connectivity index (χ0) is 36.3. The van der Waals surface area contributed by atoms with Gasteiger partial charge in [0.25, 0.3) is 0 Å². The first kappa shape index (κ1) is 31.1. The molecule has 0 spiro atoms. The van der Waals surface area contributed by atoms with Crippen LogP contribution in [0.5, 0.6) is 0 Å². The molecule has 0 unspecified atom stereocenters. The lowest BCUT2D eigenvalue weighted by atomic mass is 9.95. The molecule has 0 bridgehead atoms. The Labute approximate surface area is 317 Å². The van der Waals surface area contributed by atoms with E-state index >= 15 is 0 Å². The monoisotopic (exact) mass is 701 g/mol. The van der Waals surface area contributed by atoms with Gasteiger partial charge in [-0.25, -0.2) is 15.0 Å². The third-order valence-electron chi connectivity index (χ3n) is 10.7. The fraction of sp³-hybridized carbons (Fsp3) is 0. The molecule has 2 heterocycles. The van der Waals surface area contributed by atoms with Crippen LogP contribution in [0.25, 0.3) is 111 Å². The van der Waals surface area contributed by atoms with Crippen molar-refractivity contribution in [3.05, 3.63) is 188 Å². The molecule has 0 fully saturated rings. The van der Waals surface area contributed by atoms with Gasteiger partial charge in [0.05, 0.1) is 0 Å². The molecule has 0 saturated heterocycles. The van der Waals surface area contributed by atoms with Crippen LogP contribution in [0.15, 0.2) is 192 Å². The molecule has 9 aromatic carbocycles. The molecule has 4 nitrogen and oxygen atoms in total. The molecule has 0 atom stereocenters. The average molecular weight is 702 g/mol. The third-order valence-corrected chi connectivity index (χ3v) is 10.7. The lowest BCUT2D eigenvalue weighted by Gasteiger charge is -2.10. The van der Waals surface area contributed by atoms with Crippen LogP contribution in [0.3, 0.4) is 0 Å². The molecule has 0 saturated carbocycles. The van der Waals surface area contributed by atoms with Crippen LogP contribution in [0, 0.1) is 0 Å². The Morgan fingerprint density at radius 3 is 1.45 bits per heavy atom. The molecule has 0 N–H and O–H groups in total. The maximum Gasteiger partial charge on any atom is 0.164 e. The van der Waals surface area contributed by atoms with Crippen molar-refractivity contribution in [3.63, 3.8) is 0 Å². The van der Waals surface area contributed by atoms with E-state index in [0.29, 0.717) is 17.5 Å². The number of fused-ring (bicyclic) bond motifs is 7. The Kier molecular flexibility index (Phi) is 7.14. The van der Waals surface area contributed by atoms with Gasteiger partial charge in [0, 0.05) is 32.8 Å². The van der Waals surface area contributed by atoms with E-state index in [1.54, 1.807) is 0 Å². The molecule has 0 radical (unpaired) electrons. The van der Waals surface area contributed by atoms with Crippen molar-refractivity contribution < 1.29 is 4.42 Å². The van der Waals surface area contributed by atoms with Gasteiger partial charge >= 0.3 is 0 Å². The second-order valence-electron chi connectivity index (χ2n) is 14.0. The van der Waals surface area contributed by atoms with Crippen molar-refractivity contribution >= 4 is 54.3 Å². The molecule has 256 valence electrons. The smallest absolute Gasteiger partial charge is 0.164 e. The summed E-state index contributed by atoms with van der Waals surface area (Å²) >= 11 is 0. The van der Waals surface area contributed by atoms with Crippen LogP contribution in [0.2, 0.25) is 0 Å². The third kappa shape index (κ3) is 5.43. The largest absolute Gasteiger partial charge is 0.455 e. The van der Waals surface area contributed by atoms with Crippen molar-refractivity contribution in [3.8, 4) is 56.4 Å². The van der Waals surface area contributed by atoms with Crippen LogP contribution in [0.1, 0.15) is 0 Å². The maximum absolute atomic E-state index is 6.65. The van der Waals surface area contributed by atoms with Crippen molar-refractivity contribution in [2.75, 3.05) is 0 Å². The van der Waals surface area contributed by atoms with Gasteiger partial charge in [-0.3, -0.25) is 0 Å². The Balaban J connectivity index is 0.999. The molecule has 55 heavy (non-hydrogen) atoms. The topological polar surface area (TPSA) is 51.8 Å². The molecule has 11 rings (SSSR count). The van der Waals surface area contributed by atoms with Crippen LogP contribution >= 0.6 is 0 Å². The van der Waals surface area contributed by atoms with Gasteiger partial charge in [-0.1, -0.05) is 158 Å². The number of furan rings is 1. The number of benzene rings is 9. The van der Waals surface area contributed by atoms with E-state index in [-0.39, 0.29) is 0 Å². The minimum absolute atomic E-state index is 0.627. The van der Waals surface area contributed by atoms with Gasteiger partial charge in [0.1, 0.15) is 11.2 Å². The van der Waals surface area contributed by atoms with Crippen molar-refractivity contribution in [1.29, 1.82) is 0 Å². The minimum atomic E-state index is 0.627. The minimum Gasteiger partial charge on any atom is -0.455 e. The summed E-state index contributed by atoms with van der Waals surface area (Å²) in [4.78, 5) is 15.1. The summed E-state index contributed by atoms with van der Waals surface area (Å²) in [5.74, 6) is 1.91. The summed E-state index contributed by atoms with van der Waals surface area (Å²) in [6.45, 7) is 0. The number of hydrogen-bond donors (Lipinski definition) is 0. The fourth-order valence-electron chi connectivity index (χ4n) is 7.87. The van der Waals surface area contributed by atoms with Crippen LogP contribution in [-0.2, 0) is 0 Å². The Bertz CT molecular complexity index is 3160. The molecular formula is C51H31N3O. The Hall–Kier alpha value is -7.43. The van der Waals surface area contributed by atoms with Crippen molar-refractivity contribution in [2.45, 2.75) is 0 Å². The summed E-state index contributed by atoms with van der Waals surface area (Å²) in [5, 5.41) is 9.16. The zero-order valence-corrected chi connectivity index (χ0v) is 29.6. The van der Waals surface area contributed by atoms with E-state index in [0.717, 1.165) is 65.9 Å². The highest BCUT2D eigenvalue weighted by atomic mass is 16.3. The molecule has 0 aliphatic rings. The highest BCUT2D eigenvalue weighted by Crippen LogP contribution is 2.41. The van der Waals surface area contributed by atoms with Gasteiger partial charge in [-0.2, -0.15) is 0 Å². The highest BCUT2D eigenvalue weighted by Gasteiger charge is 2.17. The van der Waals surface area contributed by atoms with E-state index in [2.05, 4.69) is 188 Å². The second kappa shape index (κ2) is 12.6. The highest BCUT2D eigenvalue weighted by molar-refractivity contribution is 6.19. The summed E-state index contributed by atoms with van der Waals surface area (Å²) in [5.41, 5.74) is 9.15. The molecule has 0 aliphatic carbocycles. The van der Waals surface area contributed by atoms with Crippen LogP contribution in [0.4, 0.5) is 0 Å². The summed E-state index contributed by atoms with van der Waals surface area (Å²) in [7, 11) is 0. The fourth-order valence-corrected chi connectivity index (χ4v) is 7.87. The van der Waals surface area contributed by atoms with E-state index in [4.69, 9.17) is 19.4 Å². The van der Waals surface area contributed by atoms with E-state index in [1.807, 2.05) is 0 Å². The zero-order valence-electron chi connectivity index (χ0n) is 29.6. The molecule has 11 aromatic rings. The lowest BCUT2D eigenvalue weighted by Crippen LogP contribution is -2.00. The van der Waals surface area contributed by atoms with E-state index in [9.17, 15) is 0 Å². The van der Waals surface area contributed by atoms with Crippen LogP contribution in [-0.4, -0.2) is 15.0 Å². The molecule has 2 aromatic heterocycles. The SMILES string of the molecule is c1ccc(-c2cc3c4ccc(-c5ccc(-c6nc(-c7ccc8ccccc8c7)nc(-c7ccc8ccccc8c7)n6)cc5)cc4oc3c3ccccc23)cc1. The molecule has 0 amide bonds. The summed E-state index contributed by atoms with van der Waals surface area (Å²) < 4.78 is 6.65. The predicted molar refractivity (Wildman–Crippen MR) is 227 cm³/mol. The van der Waals surface area contributed by atoms with E-state index < -0.39 is 0 Å². The first-order chi connectivity index (χ1) is 27.2. The molecular weight excluding hydrogens is 671 g/mol. The normalized spacial score (nSPS) is 11.6. The number of rotatable bonds is 5. The van der Waals surface area contributed by atoms with E-state index in [1.165, 1.54) is 27.3 Å². The standard InChI is InChI=1S/C51H31N3O/c1-2-12-35(13-3-1)45-31-46-43-27-26-39(30-47(43)55-48(46)44-17-9-8-16-42(44)45)34-18-22-36(23-19-34)49-52-50(40-24-20-32-10-4-6-14-37(32)28-40)54-51(53-49)41-25-21-33-11-5-7-15-38(33)29-41/h1-31H. The number of aromatic nitrogens is 3. The van der Waals surface area contributed by atoms with Gasteiger partial charge in [-0.05, 0) is 79.5 Å². The molecule has 0 aliphatic heterocycles. The van der Waals surface area contributed by atoms with Gasteiger partial charge < -0.3 is 4.42 Å². The Morgan fingerprint density at radius 1 is 0.291 bits per heavy atom. The van der Waals surface area contributed by atoms with Crippen LogP contribution < -0.4 is 0 Å². The summed E-state index contributed by atoms with van der Waals surface area (Å²) in [6, 6.07) is 65.8. The lowest BCUT2D eigenvalue weighted by molar-refractivity contribution is 0.673. The van der Waals surface area contributed by atoms with Crippen molar-refractivity contribution in [2.24, 2.45) is 0 Å². The number of nitrogens with zero attached hydrogens (tertiary/aromatic N) is 3. The van der Waals surface area contributed by atoms with Gasteiger partial charge in [0.15, 0.2) is 17.5 Å². The van der Waals surface area contributed by atoms with Gasteiger partial charge in [0.2, 0.25) is 0 Å².